The number of likely N-dealkylation sites (tertiary alicyclic amines) is 1. The zero-order valence-corrected chi connectivity index (χ0v) is 14.4. The third-order valence-corrected chi connectivity index (χ3v) is 5.66. The molecule has 1 saturated heterocycles. The summed E-state index contributed by atoms with van der Waals surface area (Å²) in [5.41, 5.74) is 2.13. The average Bonchev–Trinajstić information content (AvgIpc) is 2.61. The highest BCUT2D eigenvalue weighted by atomic mass is 16.3. The molecule has 122 valence electrons. The van der Waals surface area contributed by atoms with Crippen molar-refractivity contribution in [3.8, 4) is 5.75 Å². The van der Waals surface area contributed by atoms with Crippen molar-refractivity contribution in [2.24, 2.45) is 17.9 Å². The summed E-state index contributed by atoms with van der Waals surface area (Å²) >= 11 is 0. The molecule has 0 radical (unpaired) electrons. The van der Waals surface area contributed by atoms with Crippen molar-refractivity contribution in [3.05, 3.63) is 27.7 Å². The lowest BCUT2D eigenvalue weighted by Gasteiger charge is -2.40. The van der Waals surface area contributed by atoms with E-state index in [0.29, 0.717) is 23.4 Å². The van der Waals surface area contributed by atoms with Crippen LogP contribution in [0.1, 0.15) is 51.4 Å². The van der Waals surface area contributed by atoms with Crippen LogP contribution in [-0.2, 0) is 13.6 Å². The van der Waals surface area contributed by atoms with Crippen LogP contribution in [0.25, 0.3) is 0 Å². The number of aromatic nitrogens is 1. The van der Waals surface area contributed by atoms with Crippen LogP contribution in [0.2, 0.25) is 0 Å². The number of fused-ring (bicyclic) bond motifs is 2. The second-order valence-corrected chi connectivity index (χ2v) is 8.62. The molecule has 2 heterocycles. The largest absolute Gasteiger partial charge is 0.503 e. The predicted octanol–water partition coefficient (Wildman–Crippen LogP) is 2.80. The summed E-state index contributed by atoms with van der Waals surface area (Å²) in [4.78, 5) is 14.4. The fourth-order valence-electron chi connectivity index (χ4n) is 5.00. The molecular weight excluding hydrogens is 276 g/mol. The molecular formula is C18H28N2O2. The first kappa shape index (κ1) is 15.6. The average molecular weight is 304 g/mol. The molecule has 2 aliphatic rings. The SMILES string of the molecule is Cc1cc(=O)c(O)c(CN2C[C@]3(C)C[C@@H]2CC(C)(C)C3)n1C. The van der Waals surface area contributed by atoms with E-state index in [4.69, 9.17) is 0 Å². The molecule has 1 aromatic rings. The Morgan fingerprint density at radius 3 is 2.68 bits per heavy atom. The van der Waals surface area contributed by atoms with E-state index in [9.17, 15) is 9.90 Å². The van der Waals surface area contributed by atoms with Crippen molar-refractivity contribution < 1.29 is 5.11 Å². The topological polar surface area (TPSA) is 45.5 Å². The van der Waals surface area contributed by atoms with Gasteiger partial charge >= 0.3 is 0 Å². The summed E-state index contributed by atoms with van der Waals surface area (Å²) in [5, 5.41) is 10.2. The van der Waals surface area contributed by atoms with Crippen molar-refractivity contribution in [1.82, 2.24) is 9.47 Å². The zero-order valence-electron chi connectivity index (χ0n) is 14.4. The van der Waals surface area contributed by atoms with E-state index >= 15 is 0 Å². The minimum absolute atomic E-state index is 0.0843. The van der Waals surface area contributed by atoms with Crippen LogP contribution in [0, 0.1) is 17.8 Å². The minimum Gasteiger partial charge on any atom is -0.503 e. The smallest absolute Gasteiger partial charge is 0.223 e. The number of pyridine rings is 1. The number of nitrogens with zero attached hydrogens (tertiary/aromatic N) is 2. The highest BCUT2D eigenvalue weighted by Crippen LogP contribution is 2.52. The molecule has 3 rings (SSSR count). The maximum absolute atomic E-state index is 11.9. The summed E-state index contributed by atoms with van der Waals surface area (Å²) < 4.78 is 1.95. The Balaban J connectivity index is 1.91. The van der Waals surface area contributed by atoms with Crippen molar-refractivity contribution in [2.75, 3.05) is 6.54 Å². The molecule has 1 aromatic heterocycles. The van der Waals surface area contributed by atoms with Gasteiger partial charge in [0.1, 0.15) is 0 Å². The van der Waals surface area contributed by atoms with Crippen LogP contribution >= 0.6 is 0 Å². The predicted molar refractivity (Wildman–Crippen MR) is 88.0 cm³/mol. The molecule has 4 heteroatoms. The first-order chi connectivity index (χ1) is 10.1. The van der Waals surface area contributed by atoms with Gasteiger partial charge < -0.3 is 9.67 Å². The van der Waals surface area contributed by atoms with Gasteiger partial charge in [-0.3, -0.25) is 9.69 Å². The van der Waals surface area contributed by atoms with E-state index in [1.165, 1.54) is 25.3 Å². The molecule has 1 N–H and O–H groups in total. The first-order valence-corrected chi connectivity index (χ1v) is 8.23. The first-order valence-electron chi connectivity index (χ1n) is 8.23. The molecule has 1 aliphatic heterocycles. The monoisotopic (exact) mass is 304 g/mol. The highest BCUT2D eigenvalue weighted by Gasteiger charge is 2.49. The second kappa shape index (κ2) is 4.85. The quantitative estimate of drug-likeness (QED) is 0.914. The number of aromatic hydroxyl groups is 1. The van der Waals surface area contributed by atoms with E-state index in [0.717, 1.165) is 17.9 Å². The molecule has 0 amide bonds. The Labute approximate surface area is 132 Å². The summed E-state index contributed by atoms with van der Waals surface area (Å²) in [6.07, 6.45) is 3.69. The standard InChI is InChI=1S/C18H28N2O2/c1-12-6-15(21)16(22)14(19(12)5)9-20-11-18(4)8-13(20)7-17(2,3)10-18/h6,13,22H,7-11H2,1-5H3/t13-,18+/m0/s1. The maximum Gasteiger partial charge on any atom is 0.223 e. The lowest BCUT2D eigenvalue weighted by molar-refractivity contribution is 0.126. The zero-order chi connectivity index (χ0) is 16.3. The number of hydrogen-bond acceptors (Lipinski definition) is 3. The van der Waals surface area contributed by atoms with Gasteiger partial charge in [-0.25, -0.2) is 0 Å². The Morgan fingerprint density at radius 2 is 2.00 bits per heavy atom. The Hall–Kier alpha value is -1.29. The van der Waals surface area contributed by atoms with Crippen molar-refractivity contribution in [3.63, 3.8) is 0 Å². The van der Waals surface area contributed by atoms with Gasteiger partial charge in [0.05, 0.1) is 5.69 Å². The molecule has 0 unspecified atom stereocenters. The van der Waals surface area contributed by atoms with E-state index in [2.05, 4.69) is 25.7 Å². The normalized spacial score (nSPS) is 30.7. The summed E-state index contributed by atoms with van der Waals surface area (Å²) in [6, 6.07) is 2.06. The lowest BCUT2D eigenvalue weighted by Crippen LogP contribution is -2.35. The molecule has 2 fully saturated rings. The molecule has 2 atom stereocenters. The molecule has 0 spiro atoms. The van der Waals surface area contributed by atoms with Gasteiger partial charge in [-0.15, -0.1) is 0 Å². The third kappa shape index (κ3) is 2.58. The van der Waals surface area contributed by atoms with E-state index in [1.54, 1.807) is 0 Å². The van der Waals surface area contributed by atoms with Gasteiger partial charge in [-0.2, -0.15) is 0 Å². The summed E-state index contributed by atoms with van der Waals surface area (Å²) in [5.74, 6) is -0.0843. The van der Waals surface area contributed by atoms with Gasteiger partial charge in [0.15, 0.2) is 5.75 Å². The van der Waals surface area contributed by atoms with Crippen LogP contribution in [0.3, 0.4) is 0 Å². The van der Waals surface area contributed by atoms with E-state index < -0.39 is 0 Å². The molecule has 1 aliphatic carbocycles. The molecule has 22 heavy (non-hydrogen) atoms. The van der Waals surface area contributed by atoms with Gasteiger partial charge in [-0.1, -0.05) is 20.8 Å². The maximum atomic E-state index is 11.9. The van der Waals surface area contributed by atoms with Crippen LogP contribution in [0.5, 0.6) is 5.75 Å². The van der Waals surface area contributed by atoms with Crippen molar-refractivity contribution in [2.45, 2.75) is 59.5 Å². The number of aryl methyl sites for hydroxylation is 1. The van der Waals surface area contributed by atoms with Crippen LogP contribution in [-0.4, -0.2) is 27.2 Å². The van der Waals surface area contributed by atoms with Crippen LogP contribution < -0.4 is 5.43 Å². The number of hydrogen-bond donors (Lipinski definition) is 1. The lowest BCUT2D eigenvalue weighted by atomic mass is 9.65. The van der Waals surface area contributed by atoms with Crippen molar-refractivity contribution in [1.29, 1.82) is 0 Å². The third-order valence-electron chi connectivity index (χ3n) is 5.66. The molecule has 2 bridgehead atoms. The Kier molecular flexibility index (Phi) is 3.44. The highest BCUT2D eigenvalue weighted by molar-refractivity contribution is 5.29. The van der Waals surface area contributed by atoms with E-state index in [1.807, 2.05) is 18.5 Å². The van der Waals surface area contributed by atoms with Gasteiger partial charge in [0.2, 0.25) is 5.43 Å². The molecule has 4 nitrogen and oxygen atoms in total. The molecule has 0 aromatic carbocycles. The fourth-order valence-corrected chi connectivity index (χ4v) is 5.00. The van der Waals surface area contributed by atoms with Crippen LogP contribution in [0.15, 0.2) is 10.9 Å². The summed E-state index contributed by atoms with van der Waals surface area (Å²) in [7, 11) is 1.93. The fraction of sp³-hybridized carbons (Fsp3) is 0.722. The Morgan fingerprint density at radius 1 is 1.32 bits per heavy atom. The second-order valence-electron chi connectivity index (χ2n) is 8.62. The Bertz CT molecular complexity index is 662. The van der Waals surface area contributed by atoms with Crippen molar-refractivity contribution >= 4 is 0 Å². The van der Waals surface area contributed by atoms with Crippen LogP contribution in [0.4, 0.5) is 0 Å². The van der Waals surface area contributed by atoms with Gasteiger partial charge in [0, 0.05) is 37.9 Å². The summed E-state index contributed by atoms with van der Waals surface area (Å²) in [6.45, 7) is 10.7. The van der Waals surface area contributed by atoms with E-state index in [-0.39, 0.29) is 11.2 Å². The van der Waals surface area contributed by atoms with Gasteiger partial charge in [-0.05, 0) is 37.0 Å². The molecule has 1 saturated carbocycles. The minimum atomic E-state index is -0.265. The van der Waals surface area contributed by atoms with Gasteiger partial charge in [0.25, 0.3) is 0 Å². The number of rotatable bonds is 2.